The molecule has 1 nitrogen and oxygen atoms in total. The number of benzene rings is 3. The fourth-order valence-electron chi connectivity index (χ4n) is 2.29. The van der Waals surface area contributed by atoms with Crippen molar-refractivity contribution in [3.8, 4) is 5.75 Å². The Bertz CT molecular complexity index is 672. The molecule has 3 aromatic rings. The first-order chi connectivity index (χ1) is 11.4. The van der Waals surface area contributed by atoms with Crippen LogP contribution in [0.4, 0.5) is 0 Å². The van der Waals surface area contributed by atoms with Crippen LogP contribution in [0.5, 0.6) is 5.75 Å². The summed E-state index contributed by atoms with van der Waals surface area (Å²) in [6, 6.07) is 29.5. The van der Waals surface area contributed by atoms with E-state index in [0.717, 1.165) is 5.75 Å². The second-order valence-corrected chi connectivity index (χ2v) is 7.44. The molecule has 23 heavy (non-hydrogen) atoms. The van der Waals surface area contributed by atoms with E-state index in [4.69, 9.17) is 4.74 Å². The van der Waals surface area contributed by atoms with Crippen molar-refractivity contribution in [1.29, 1.82) is 0 Å². The summed E-state index contributed by atoms with van der Waals surface area (Å²) in [6.45, 7) is 0. The van der Waals surface area contributed by atoms with E-state index in [2.05, 4.69) is 72.8 Å². The molecular formula is C20H18OS2. The zero-order chi connectivity index (χ0) is 15.9. The smallest absolute Gasteiger partial charge is 0.118 e. The molecule has 0 heterocycles. The highest BCUT2D eigenvalue weighted by Gasteiger charge is 2.15. The molecule has 0 saturated carbocycles. The van der Waals surface area contributed by atoms with Gasteiger partial charge in [0.05, 0.1) is 12.4 Å². The van der Waals surface area contributed by atoms with Crippen LogP contribution in [0.1, 0.15) is 16.4 Å². The molecule has 0 radical (unpaired) electrons. The summed E-state index contributed by atoms with van der Waals surface area (Å²) in [6.07, 6.45) is 0. The van der Waals surface area contributed by atoms with Crippen LogP contribution in [0, 0.1) is 0 Å². The van der Waals surface area contributed by atoms with E-state index in [-0.39, 0.29) is 0 Å². The Kier molecular flexibility index (Phi) is 5.67. The molecule has 0 fully saturated rings. The molecule has 3 rings (SSSR count). The summed E-state index contributed by atoms with van der Waals surface area (Å²) in [7, 11) is 5.36. The van der Waals surface area contributed by atoms with E-state index in [0.29, 0.717) is 5.25 Å². The van der Waals surface area contributed by atoms with Crippen molar-refractivity contribution in [2.75, 3.05) is 7.11 Å². The SMILES string of the molecule is COc1ccc(SSC(c2ccccc2)c2ccccc2)cc1. The monoisotopic (exact) mass is 338 g/mol. The van der Waals surface area contributed by atoms with Gasteiger partial charge in [-0.2, -0.15) is 0 Å². The average Bonchev–Trinajstić information content (AvgIpc) is 2.64. The highest BCUT2D eigenvalue weighted by Crippen LogP contribution is 2.46. The second kappa shape index (κ2) is 8.14. The van der Waals surface area contributed by atoms with Crippen LogP contribution < -0.4 is 4.74 Å². The fraction of sp³-hybridized carbons (Fsp3) is 0.100. The van der Waals surface area contributed by atoms with Crippen LogP contribution in [-0.2, 0) is 0 Å². The molecule has 0 spiro atoms. The number of methoxy groups -OCH3 is 1. The van der Waals surface area contributed by atoms with Crippen molar-refractivity contribution in [2.24, 2.45) is 0 Å². The Morgan fingerprint density at radius 2 is 1.22 bits per heavy atom. The molecule has 0 atom stereocenters. The summed E-state index contributed by atoms with van der Waals surface area (Å²) in [5.74, 6) is 0.891. The number of hydrogen-bond acceptors (Lipinski definition) is 3. The van der Waals surface area contributed by atoms with Gasteiger partial charge in [0.15, 0.2) is 0 Å². The third-order valence-corrected chi connectivity index (χ3v) is 6.25. The Balaban J connectivity index is 1.79. The van der Waals surface area contributed by atoms with Crippen molar-refractivity contribution in [3.05, 3.63) is 96.1 Å². The van der Waals surface area contributed by atoms with Gasteiger partial charge in [0.1, 0.15) is 5.75 Å². The topological polar surface area (TPSA) is 9.23 Å². The van der Waals surface area contributed by atoms with Crippen molar-refractivity contribution >= 4 is 21.6 Å². The number of hydrogen-bond donors (Lipinski definition) is 0. The Hall–Kier alpha value is -1.84. The van der Waals surface area contributed by atoms with E-state index in [1.165, 1.54) is 16.0 Å². The predicted molar refractivity (Wildman–Crippen MR) is 101 cm³/mol. The Morgan fingerprint density at radius 1 is 0.696 bits per heavy atom. The molecule has 0 amide bonds. The van der Waals surface area contributed by atoms with E-state index in [9.17, 15) is 0 Å². The maximum absolute atomic E-state index is 5.22. The van der Waals surface area contributed by atoms with Crippen LogP contribution in [0.2, 0.25) is 0 Å². The highest BCUT2D eigenvalue weighted by molar-refractivity contribution is 8.76. The molecule has 0 aliphatic heterocycles. The Morgan fingerprint density at radius 3 is 1.70 bits per heavy atom. The molecule has 0 aliphatic carbocycles. The third-order valence-electron chi connectivity index (χ3n) is 3.50. The summed E-state index contributed by atoms with van der Waals surface area (Å²) in [5, 5.41) is 0.310. The lowest BCUT2D eigenvalue weighted by atomic mass is 10.0. The zero-order valence-corrected chi connectivity index (χ0v) is 14.5. The van der Waals surface area contributed by atoms with Gasteiger partial charge in [-0.3, -0.25) is 0 Å². The van der Waals surface area contributed by atoms with E-state index in [1.54, 1.807) is 17.9 Å². The first-order valence-corrected chi connectivity index (χ1v) is 9.65. The molecule has 0 saturated heterocycles. The summed E-state index contributed by atoms with van der Waals surface area (Å²) < 4.78 is 5.22. The van der Waals surface area contributed by atoms with Crippen LogP contribution in [0.3, 0.4) is 0 Å². The molecular weight excluding hydrogens is 320 g/mol. The van der Waals surface area contributed by atoms with Gasteiger partial charge in [-0.05, 0) is 35.4 Å². The minimum Gasteiger partial charge on any atom is -0.497 e. The third kappa shape index (κ3) is 4.34. The normalized spacial score (nSPS) is 10.7. The first kappa shape index (κ1) is 16.0. The van der Waals surface area contributed by atoms with Crippen molar-refractivity contribution in [1.82, 2.24) is 0 Å². The maximum atomic E-state index is 5.22. The highest BCUT2D eigenvalue weighted by atomic mass is 33.1. The molecule has 116 valence electrons. The van der Waals surface area contributed by atoms with Crippen LogP contribution in [0.25, 0.3) is 0 Å². The average molecular weight is 338 g/mol. The minimum atomic E-state index is 0.310. The van der Waals surface area contributed by atoms with Gasteiger partial charge < -0.3 is 4.74 Å². The van der Waals surface area contributed by atoms with Gasteiger partial charge in [0.25, 0.3) is 0 Å². The van der Waals surface area contributed by atoms with E-state index in [1.807, 2.05) is 22.9 Å². The van der Waals surface area contributed by atoms with E-state index < -0.39 is 0 Å². The summed E-state index contributed by atoms with van der Waals surface area (Å²) >= 11 is 0. The standard InChI is InChI=1S/C20H18OS2/c1-21-18-12-14-19(15-13-18)22-23-20(16-8-4-2-5-9-16)17-10-6-3-7-11-17/h2-15,20H,1H3. The largest absolute Gasteiger partial charge is 0.497 e. The van der Waals surface area contributed by atoms with Gasteiger partial charge in [0.2, 0.25) is 0 Å². The van der Waals surface area contributed by atoms with Gasteiger partial charge in [0, 0.05) is 4.90 Å². The minimum absolute atomic E-state index is 0.310. The van der Waals surface area contributed by atoms with Crippen LogP contribution >= 0.6 is 21.6 Å². The molecule has 0 aliphatic rings. The van der Waals surface area contributed by atoms with Crippen molar-refractivity contribution in [3.63, 3.8) is 0 Å². The number of ether oxygens (including phenoxy) is 1. The summed E-state index contributed by atoms with van der Waals surface area (Å²) in [4.78, 5) is 1.23. The number of rotatable bonds is 6. The molecule has 3 heteroatoms. The van der Waals surface area contributed by atoms with Gasteiger partial charge >= 0.3 is 0 Å². The maximum Gasteiger partial charge on any atom is 0.118 e. The second-order valence-electron chi connectivity index (χ2n) is 5.06. The molecule has 0 N–H and O–H groups in total. The fourth-order valence-corrected chi connectivity index (χ4v) is 4.91. The van der Waals surface area contributed by atoms with Gasteiger partial charge in [-0.25, -0.2) is 0 Å². The Labute approximate surface area is 145 Å². The molecule has 0 unspecified atom stereocenters. The van der Waals surface area contributed by atoms with E-state index >= 15 is 0 Å². The van der Waals surface area contributed by atoms with Gasteiger partial charge in [-0.15, -0.1) is 0 Å². The predicted octanol–water partition coefficient (Wildman–Crippen LogP) is 6.23. The lowest BCUT2D eigenvalue weighted by molar-refractivity contribution is 0.414. The lowest BCUT2D eigenvalue weighted by Crippen LogP contribution is -1.94. The molecule has 0 bridgehead atoms. The zero-order valence-electron chi connectivity index (χ0n) is 12.9. The lowest BCUT2D eigenvalue weighted by Gasteiger charge is -2.17. The molecule has 0 aromatic heterocycles. The van der Waals surface area contributed by atoms with Gasteiger partial charge in [-0.1, -0.05) is 82.3 Å². The molecule has 3 aromatic carbocycles. The van der Waals surface area contributed by atoms with Crippen molar-refractivity contribution in [2.45, 2.75) is 10.1 Å². The quantitative estimate of drug-likeness (QED) is 0.493. The van der Waals surface area contributed by atoms with Crippen molar-refractivity contribution < 1.29 is 4.74 Å². The first-order valence-electron chi connectivity index (χ1n) is 7.44. The van der Waals surface area contributed by atoms with Crippen LogP contribution in [0.15, 0.2) is 89.8 Å². The summed E-state index contributed by atoms with van der Waals surface area (Å²) in [5.41, 5.74) is 2.65. The van der Waals surface area contributed by atoms with Crippen LogP contribution in [-0.4, -0.2) is 7.11 Å².